The number of hydrogen-bond acceptors (Lipinski definition) is 1. The van der Waals surface area contributed by atoms with Crippen molar-refractivity contribution in [1.82, 2.24) is 0 Å². The molecule has 0 rings (SSSR count). The highest BCUT2D eigenvalue weighted by Gasteiger charge is 1.76. The molecule has 1 nitrogen and oxygen atoms in total. The molecule has 0 aliphatic carbocycles. The highest BCUT2D eigenvalue weighted by Crippen LogP contribution is 1.95. The average molecular weight is 192 g/mol. The summed E-state index contributed by atoms with van der Waals surface area (Å²) in [4.78, 5) is 0. The Bertz CT molecular complexity index is 41.8. The van der Waals surface area contributed by atoms with Gasteiger partial charge in [-0.2, -0.15) is 0 Å². The normalized spacial score (nSPS) is 9.00. The lowest BCUT2D eigenvalue weighted by Crippen LogP contribution is -1.78. The molecule has 0 spiro atoms. The van der Waals surface area contributed by atoms with Gasteiger partial charge in [0.1, 0.15) is 0 Å². The Morgan fingerprint density at radius 1 is 0.917 bits per heavy atom. The predicted octanol–water partition coefficient (Wildman–Crippen LogP) is 3.22. The van der Waals surface area contributed by atoms with Crippen molar-refractivity contribution in [2.45, 2.75) is 52.4 Å². The van der Waals surface area contributed by atoms with Gasteiger partial charge in [-0.15, -0.1) is 9.24 Å². The van der Waals surface area contributed by atoms with E-state index in [2.05, 4.69) is 23.1 Å². The largest absolute Gasteiger partial charge is 0.396 e. The van der Waals surface area contributed by atoms with Gasteiger partial charge >= 0.3 is 0 Å². The molecule has 0 amide bonds. The van der Waals surface area contributed by atoms with Gasteiger partial charge in [-0.1, -0.05) is 39.5 Å². The van der Waals surface area contributed by atoms with Crippen LogP contribution in [0.25, 0.3) is 0 Å². The maximum Gasteiger partial charge on any atom is 0.0431 e. The van der Waals surface area contributed by atoms with Gasteiger partial charge in [0, 0.05) is 6.61 Å². The van der Waals surface area contributed by atoms with Crippen molar-refractivity contribution in [1.29, 1.82) is 0 Å². The van der Waals surface area contributed by atoms with Crippen molar-refractivity contribution in [2.24, 2.45) is 0 Å². The molecule has 0 heterocycles. The molecule has 0 aromatic heterocycles. The molecule has 76 valence electrons. The second-order valence-electron chi connectivity index (χ2n) is 2.93. The van der Waals surface area contributed by atoms with E-state index in [-0.39, 0.29) is 0 Å². The summed E-state index contributed by atoms with van der Waals surface area (Å²) in [6, 6.07) is 0. The fraction of sp³-hybridized carbons (Fsp3) is 1.00. The van der Waals surface area contributed by atoms with Crippen LogP contribution in [0.3, 0.4) is 0 Å². The molecule has 1 unspecified atom stereocenters. The predicted molar refractivity (Wildman–Crippen MR) is 60.7 cm³/mol. The van der Waals surface area contributed by atoms with Crippen LogP contribution in [-0.4, -0.2) is 17.9 Å². The molecular formula is C10H25OP. The van der Waals surface area contributed by atoms with Crippen LogP contribution >= 0.6 is 9.24 Å². The van der Waals surface area contributed by atoms with Crippen LogP contribution in [0.15, 0.2) is 0 Å². The zero-order valence-corrected chi connectivity index (χ0v) is 9.84. The third kappa shape index (κ3) is 22.4. The highest BCUT2D eigenvalue weighted by atomic mass is 31.0. The Labute approximate surface area is 80.2 Å². The first-order valence-corrected chi connectivity index (χ1v) is 5.96. The van der Waals surface area contributed by atoms with Crippen LogP contribution in [0.5, 0.6) is 0 Å². The summed E-state index contributed by atoms with van der Waals surface area (Å²) in [7, 11) is 2.73. The van der Waals surface area contributed by atoms with E-state index >= 15 is 0 Å². The van der Waals surface area contributed by atoms with Crippen LogP contribution in [0, 0.1) is 0 Å². The Kier molecular flexibility index (Phi) is 21.7. The SMILES string of the molecule is CCCCCO.CCCCCP. The topological polar surface area (TPSA) is 20.2 Å². The van der Waals surface area contributed by atoms with Crippen molar-refractivity contribution in [2.75, 3.05) is 12.8 Å². The highest BCUT2D eigenvalue weighted by molar-refractivity contribution is 7.16. The molecule has 0 aliphatic heterocycles. The smallest absolute Gasteiger partial charge is 0.0431 e. The van der Waals surface area contributed by atoms with Gasteiger partial charge in [0.15, 0.2) is 0 Å². The Balaban J connectivity index is 0. The zero-order valence-electron chi connectivity index (χ0n) is 8.68. The Morgan fingerprint density at radius 2 is 1.42 bits per heavy atom. The standard InChI is InChI=1S/C5H12O.C5H13P/c2*1-2-3-4-5-6/h6H,2-5H2,1H3;2-6H2,1H3. The maximum atomic E-state index is 8.20. The summed E-state index contributed by atoms with van der Waals surface area (Å²) in [5.41, 5.74) is 0. The maximum absolute atomic E-state index is 8.20. The summed E-state index contributed by atoms with van der Waals surface area (Å²) in [6.07, 6.45) is 8.71. The van der Waals surface area contributed by atoms with Crippen LogP contribution < -0.4 is 0 Å². The van der Waals surface area contributed by atoms with Crippen LogP contribution in [0.1, 0.15) is 52.4 Å². The van der Waals surface area contributed by atoms with E-state index < -0.39 is 0 Å². The number of hydrogen-bond donors (Lipinski definition) is 1. The van der Waals surface area contributed by atoms with E-state index in [1.165, 1.54) is 31.8 Å². The molecule has 2 heteroatoms. The monoisotopic (exact) mass is 192 g/mol. The lowest BCUT2D eigenvalue weighted by Gasteiger charge is -1.86. The van der Waals surface area contributed by atoms with Crippen molar-refractivity contribution in [3.63, 3.8) is 0 Å². The lowest BCUT2D eigenvalue weighted by atomic mass is 10.3. The Morgan fingerprint density at radius 3 is 1.58 bits per heavy atom. The number of unbranched alkanes of at least 4 members (excludes halogenated alkanes) is 4. The second kappa shape index (κ2) is 17.5. The summed E-state index contributed by atoms with van der Waals surface area (Å²) < 4.78 is 0. The first-order chi connectivity index (χ1) is 5.83. The minimum absolute atomic E-state index is 0.355. The third-order valence-corrected chi connectivity index (χ3v) is 1.98. The van der Waals surface area contributed by atoms with Gasteiger partial charge < -0.3 is 5.11 Å². The molecule has 0 radical (unpaired) electrons. The molecule has 0 aromatic carbocycles. The number of aliphatic hydroxyl groups is 1. The van der Waals surface area contributed by atoms with Gasteiger partial charge in [0.05, 0.1) is 0 Å². The third-order valence-electron chi connectivity index (χ3n) is 1.57. The van der Waals surface area contributed by atoms with Crippen LogP contribution in [-0.2, 0) is 0 Å². The van der Waals surface area contributed by atoms with E-state index in [0.29, 0.717) is 6.61 Å². The molecule has 1 N–H and O–H groups in total. The van der Waals surface area contributed by atoms with Crippen LogP contribution in [0.2, 0.25) is 0 Å². The molecule has 0 bridgehead atoms. The molecular weight excluding hydrogens is 167 g/mol. The fourth-order valence-electron chi connectivity index (χ4n) is 0.756. The number of rotatable bonds is 6. The summed E-state index contributed by atoms with van der Waals surface area (Å²) in [5.74, 6) is 0. The van der Waals surface area contributed by atoms with Gasteiger partial charge in [0.2, 0.25) is 0 Å². The first kappa shape index (κ1) is 14.9. The van der Waals surface area contributed by atoms with Gasteiger partial charge in [0.25, 0.3) is 0 Å². The lowest BCUT2D eigenvalue weighted by molar-refractivity contribution is 0.284. The minimum atomic E-state index is 0.355. The van der Waals surface area contributed by atoms with Gasteiger partial charge in [-0.3, -0.25) is 0 Å². The molecule has 0 saturated heterocycles. The summed E-state index contributed by atoms with van der Waals surface area (Å²) >= 11 is 0. The van der Waals surface area contributed by atoms with E-state index in [1.807, 2.05) is 0 Å². The van der Waals surface area contributed by atoms with Crippen molar-refractivity contribution in [3.8, 4) is 0 Å². The summed E-state index contributed by atoms with van der Waals surface area (Å²) in [5, 5.41) is 8.20. The van der Waals surface area contributed by atoms with Crippen molar-refractivity contribution >= 4 is 9.24 Å². The minimum Gasteiger partial charge on any atom is -0.396 e. The molecule has 0 fully saturated rings. The average Bonchev–Trinajstić information content (AvgIpc) is 2.12. The van der Waals surface area contributed by atoms with E-state index in [4.69, 9.17) is 5.11 Å². The van der Waals surface area contributed by atoms with Crippen molar-refractivity contribution in [3.05, 3.63) is 0 Å². The van der Waals surface area contributed by atoms with Crippen LogP contribution in [0.4, 0.5) is 0 Å². The van der Waals surface area contributed by atoms with E-state index in [9.17, 15) is 0 Å². The van der Waals surface area contributed by atoms with Gasteiger partial charge in [-0.05, 0) is 19.0 Å². The quantitative estimate of drug-likeness (QED) is 0.506. The molecule has 12 heavy (non-hydrogen) atoms. The van der Waals surface area contributed by atoms with Gasteiger partial charge in [-0.25, -0.2) is 0 Å². The van der Waals surface area contributed by atoms with E-state index in [1.54, 1.807) is 0 Å². The Hall–Kier alpha value is 0.390. The molecule has 0 aliphatic rings. The van der Waals surface area contributed by atoms with E-state index in [0.717, 1.165) is 12.8 Å². The molecule has 0 saturated carbocycles. The fourth-order valence-corrected chi connectivity index (χ4v) is 1.04. The van der Waals surface area contributed by atoms with Crippen molar-refractivity contribution < 1.29 is 5.11 Å². The second-order valence-corrected chi connectivity index (χ2v) is 3.50. The number of aliphatic hydroxyl groups excluding tert-OH is 1. The summed E-state index contributed by atoms with van der Waals surface area (Å²) in [6.45, 7) is 4.70. The molecule has 1 atom stereocenters. The first-order valence-electron chi connectivity index (χ1n) is 5.14. The molecule has 0 aromatic rings. The zero-order chi connectivity index (χ0) is 9.66.